The van der Waals surface area contributed by atoms with Crippen molar-refractivity contribution in [2.24, 2.45) is 11.8 Å². The first kappa shape index (κ1) is 16.6. The van der Waals surface area contributed by atoms with Crippen molar-refractivity contribution in [2.75, 3.05) is 24.7 Å². The number of carboxylic acid groups (broad SMARTS) is 1. The highest BCUT2D eigenvalue weighted by Crippen LogP contribution is 2.31. The molecule has 3 aliphatic rings. The topological polar surface area (TPSA) is 77.9 Å². The zero-order valence-corrected chi connectivity index (χ0v) is 14.1. The van der Waals surface area contributed by atoms with Gasteiger partial charge in [-0.3, -0.25) is 14.4 Å². The molecule has 3 fully saturated rings. The molecule has 0 aromatic carbocycles. The maximum Gasteiger partial charge on any atom is 0.308 e. The Kier molecular flexibility index (Phi) is 5.14. The van der Waals surface area contributed by atoms with Gasteiger partial charge in [0.1, 0.15) is 6.04 Å². The predicted molar refractivity (Wildman–Crippen MR) is 86.9 cm³/mol. The van der Waals surface area contributed by atoms with Gasteiger partial charge in [0.15, 0.2) is 0 Å². The molecule has 0 spiro atoms. The minimum Gasteiger partial charge on any atom is -0.481 e. The second kappa shape index (κ2) is 7.11. The van der Waals surface area contributed by atoms with Crippen LogP contribution in [0.3, 0.4) is 0 Å². The van der Waals surface area contributed by atoms with Gasteiger partial charge >= 0.3 is 5.97 Å². The lowest BCUT2D eigenvalue weighted by molar-refractivity contribution is -0.150. The van der Waals surface area contributed by atoms with Gasteiger partial charge in [-0.1, -0.05) is 12.8 Å². The summed E-state index contributed by atoms with van der Waals surface area (Å²) in [4.78, 5) is 40.1. The lowest BCUT2D eigenvalue weighted by Gasteiger charge is -2.35. The van der Waals surface area contributed by atoms with Gasteiger partial charge < -0.3 is 14.9 Å². The minimum atomic E-state index is -0.831. The van der Waals surface area contributed by atoms with E-state index in [9.17, 15) is 19.5 Å². The summed E-state index contributed by atoms with van der Waals surface area (Å²) in [6, 6.07) is -0.402. The Morgan fingerprint density at radius 2 is 1.65 bits per heavy atom. The average molecular weight is 340 g/mol. The molecule has 0 aromatic heterocycles. The average Bonchev–Trinajstić information content (AvgIpc) is 3.25. The number of thioether (sulfide) groups is 1. The van der Waals surface area contributed by atoms with Crippen LogP contribution in [0.5, 0.6) is 0 Å². The Balaban J connectivity index is 1.65. The van der Waals surface area contributed by atoms with E-state index in [1.165, 1.54) is 0 Å². The number of piperidine rings is 1. The fourth-order valence-electron chi connectivity index (χ4n) is 3.86. The van der Waals surface area contributed by atoms with Crippen molar-refractivity contribution in [1.29, 1.82) is 0 Å². The van der Waals surface area contributed by atoms with Gasteiger partial charge in [-0.25, -0.2) is 0 Å². The molecule has 3 rings (SSSR count). The van der Waals surface area contributed by atoms with E-state index in [-0.39, 0.29) is 24.3 Å². The molecular formula is C16H24N2O4S. The molecule has 0 bridgehead atoms. The van der Waals surface area contributed by atoms with Crippen LogP contribution in [0.2, 0.25) is 0 Å². The van der Waals surface area contributed by atoms with Crippen LogP contribution in [-0.2, 0) is 14.4 Å². The zero-order valence-electron chi connectivity index (χ0n) is 13.3. The SMILES string of the molecule is O=C(O)[C@H]1CCCN(C(=O)C2CSCN2C(=O)C2CCCC2)C1. The Labute approximate surface area is 140 Å². The van der Waals surface area contributed by atoms with Gasteiger partial charge in [-0.15, -0.1) is 11.8 Å². The number of hydrogen-bond donors (Lipinski definition) is 1. The first-order valence-corrected chi connectivity index (χ1v) is 9.63. The molecule has 2 aliphatic heterocycles. The summed E-state index contributed by atoms with van der Waals surface area (Å²) in [5.41, 5.74) is 0. The zero-order chi connectivity index (χ0) is 16.4. The number of carboxylic acids is 1. The summed E-state index contributed by atoms with van der Waals surface area (Å²) >= 11 is 1.62. The van der Waals surface area contributed by atoms with Gasteiger partial charge in [-0.2, -0.15) is 0 Å². The van der Waals surface area contributed by atoms with Crippen LogP contribution in [0.4, 0.5) is 0 Å². The molecule has 2 heterocycles. The summed E-state index contributed by atoms with van der Waals surface area (Å²) in [6.45, 7) is 0.885. The van der Waals surface area contributed by atoms with E-state index in [4.69, 9.17) is 0 Å². The van der Waals surface area contributed by atoms with E-state index in [0.29, 0.717) is 24.6 Å². The highest BCUT2D eigenvalue weighted by Gasteiger charge is 2.41. The maximum atomic E-state index is 12.8. The fraction of sp³-hybridized carbons (Fsp3) is 0.812. The first-order valence-electron chi connectivity index (χ1n) is 8.47. The van der Waals surface area contributed by atoms with Gasteiger partial charge in [0.25, 0.3) is 0 Å². The molecule has 1 aliphatic carbocycles. The molecule has 1 saturated carbocycles. The molecule has 2 atom stereocenters. The summed E-state index contributed by atoms with van der Waals surface area (Å²) in [5.74, 6) is 0.0537. The second-order valence-electron chi connectivity index (χ2n) is 6.77. The summed E-state index contributed by atoms with van der Waals surface area (Å²) in [7, 11) is 0. The molecule has 0 radical (unpaired) electrons. The Morgan fingerprint density at radius 1 is 0.957 bits per heavy atom. The van der Waals surface area contributed by atoms with Crippen molar-refractivity contribution in [3.8, 4) is 0 Å². The van der Waals surface area contributed by atoms with Crippen molar-refractivity contribution in [3.05, 3.63) is 0 Å². The van der Waals surface area contributed by atoms with Crippen LogP contribution in [0, 0.1) is 11.8 Å². The van der Waals surface area contributed by atoms with Crippen LogP contribution in [0.1, 0.15) is 38.5 Å². The van der Waals surface area contributed by atoms with Crippen molar-refractivity contribution in [2.45, 2.75) is 44.6 Å². The number of carbonyl (C=O) groups excluding carboxylic acids is 2. The van der Waals surface area contributed by atoms with Crippen LogP contribution in [-0.4, -0.2) is 63.5 Å². The lowest BCUT2D eigenvalue weighted by atomic mass is 9.97. The van der Waals surface area contributed by atoms with E-state index in [0.717, 1.165) is 32.1 Å². The van der Waals surface area contributed by atoms with Crippen LogP contribution >= 0.6 is 11.8 Å². The third-order valence-electron chi connectivity index (χ3n) is 5.24. The smallest absolute Gasteiger partial charge is 0.308 e. The van der Waals surface area contributed by atoms with Crippen LogP contribution in [0.15, 0.2) is 0 Å². The van der Waals surface area contributed by atoms with Crippen molar-refractivity contribution in [3.63, 3.8) is 0 Å². The highest BCUT2D eigenvalue weighted by molar-refractivity contribution is 7.99. The van der Waals surface area contributed by atoms with Gasteiger partial charge in [-0.05, 0) is 25.7 Å². The Hall–Kier alpha value is -1.24. The van der Waals surface area contributed by atoms with Crippen molar-refractivity contribution < 1.29 is 19.5 Å². The molecule has 7 heteroatoms. The second-order valence-corrected chi connectivity index (χ2v) is 7.77. The minimum absolute atomic E-state index is 0.0627. The van der Waals surface area contributed by atoms with Gasteiger partial charge in [0.2, 0.25) is 11.8 Å². The summed E-state index contributed by atoms with van der Waals surface area (Å²) < 4.78 is 0. The molecular weight excluding hydrogens is 316 g/mol. The third-order valence-corrected chi connectivity index (χ3v) is 6.25. The van der Waals surface area contributed by atoms with E-state index in [2.05, 4.69) is 0 Å². The van der Waals surface area contributed by atoms with Gasteiger partial charge in [0, 0.05) is 24.8 Å². The Bertz CT molecular complexity index is 492. The standard InChI is InChI=1S/C16H24N2O4S/c19-14(11-4-1-2-5-11)18-10-23-9-13(18)15(20)17-7-3-6-12(8-17)16(21)22/h11-13H,1-10H2,(H,21,22)/t12-,13?/m0/s1. The quantitative estimate of drug-likeness (QED) is 0.840. The number of likely N-dealkylation sites (tertiary alicyclic amines) is 1. The van der Waals surface area contributed by atoms with Crippen LogP contribution < -0.4 is 0 Å². The summed E-state index contributed by atoms with van der Waals surface area (Å²) in [6.07, 6.45) is 5.42. The summed E-state index contributed by atoms with van der Waals surface area (Å²) in [5, 5.41) is 9.18. The van der Waals surface area contributed by atoms with Crippen LogP contribution in [0.25, 0.3) is 0 Å². The molecule has 2 amide bonds. The van der Waals surface area contributed by atoms with Gasteiger partial charge in [0.05, 0.1) is 11.8 Å². The van der Waals surface area contributed by atoms with E-state index < -0.39 is 17.9 Å². The Morgan fingerprint density at radius 3 is 2.35 bits per heavy atom. The van der Waals surface area contributed by atoms with E-state index >= 15 is 0 Å². The normalized spacial score (nSPS) is 29.0. The lowest BCUT2D eigenvalue weighted by Crippen LogP contribution is -2.53. The highest BCUT2D eigenvalue weighted by atomic mass is 32.2. The maximum absolute atomic E-state index is 12.8. The molecule has 2 saturated heterocycles. The number of rotatable bonds is 3. The number of hydrogen-bond acceptors (Lipinski definition) is 4. The molecule has 23 heavy (non-hydrogen) atoms. The molecule has 1 unspecified atom stereocenters. The number of amides is 2. The monoisotopic (exact) mass is 340 g/mol. The predicted octanol–water partition coefficient (Wildman–Crippen LogP) is 1.40. The first-order chi connectivity index (χ1) is 11.1. The van der Waals surface area contributed by atoms with Crippen molar-refractivity contribution in [1.82, 2.24) is 9.80 Å². The van der Waals surface area contributed by atoms with Crippen molar-refractivity contribution >= 4 is 29.5 Å². The molecule has 128 valence electrons. The van der Waals surface area contributed by atoms with E-state index in [1.54, 1.807) is 21.6 Å². The molecule has 6 nitrogen and oxygen atoms in total. The third kappa shape index (κ3) is 3.49. The largest absolute Gasteiger partial charge is 0.481 e. The number of carbonyl (C=O) groups is 3. The molecule has 0 aromatic rings. The van der Waals surface area contributed by atoms with E-state index in [1.807, 2.05) is 0 Å². The number of nitrogens with zero attached hydrogens (tertiary/aromatic N) is 2. The number of aliphatic carboxylic acids is 1. The fourth-order valence-corrected chi connectivity index (χ4v) is 5.02. The molecule has 1 N–H and O–H groups in total.